The summed E-state index contributed by atoms with van der Waals surface area (Å²) >= 11 is 12.0. The molecule has 1 aromatic carbocycles. The van der Waals surface area contributed by atoms with Crippen LogP contribution in [0.25, 0.3) is 17.1 Å². The number of nitrogens with one attached hydrogen (secondary N) is 2. The van der Waals surface area contributed by atoms with E-state index < -0.39 is 91.9 Å². The molecule has 3 amide bonds. The van der Waals surface area contributed by atoms with E-state index in [0.717, 1.165) is 22.4 Å². The largest absolute Gasteiger partial charge is 0.477 e. The Bertz CT molecular complexity index is 4400. The van der Waals surface area contributed by atoms with E-state index >= 15 is 0 Å². The molecule has 0 saturated heterocycles. The molecule has 0 aliphatic heterocycles. The average molecular weight is 1410 g/mol. The Hall–Kier alpha value is -9.83. The number of pyridine rings is 4. The number of aromatic amines is 1. The summed E-state index contributed by atoms with van der Waals surface area (Å²) in [5.41, 5.74) is 10.1. The van der Waals surface area contributed by atoms with Crippen molar-refractivity contribution in [2.45, 2.75) is 101 Å². The molecule has 0 spiro atoms. The van der Waals surface area contributed by atoms with E-state index in [0.29, 0.717) is 6.42 Å². The molecule has 0 unspecified atom stereocenters. The molecule has 10 N–H and O–H groups in total. The van der Waals surface area contributed by atoms with Gasteiger partial charge in [0.25, 0.3) is 17.0 Å². The molecular weight excluding hydrogens is 1340 g/mol. The zero-order valence-electron chi connectivity index (χ0n) is 52.0. The fourth-order valence-electron chi connectivity index (χ4n) is 7.43. The van der Waals surface area contributed by atoms with E-state index in [9.17, 15) is 59.1 Å². The van der Waals surface area contributed by atoms with Crippen LogP contribution in [0.2, 0.25) is 10.3 Å². The maximum Gasteiger partial charge on any atom is 0.415 e. The second-order valence-electron chi connectivity index (χ2n) is 22.0. The molecule has 8 heterocycles. The van der Waals surface area contributed by atoms with Crippen molar-refractivity contribution < 1.29 is 64.1 Å². The van der Waals surface area contributed by atoms with Gasteiger partial charge in [-0.05, 0) is 116 Å². The van der Waals surface area contributed by atoms with Gasteiger partial charge in [0, 0.05) is 57.4 Å². The van der Waals surface area contributed by atoms with E-state index in [1.807, 2.05) is 6.92 Å². The van der Waals surface area contributed by atoms with Crippen molar-refractivity contribution in [2.24, 2.45) is 0 Å². The Labute approximate surface area is 555 Å². The number of alkyl halides is 2. The number of carbonyl (C=O) groups is 4. The molecule has 8 aromatic heterocycles. The number of aryl methyl sites for hydroxylation is 1. The van der Waals surface area contributed by atoms with Crippen LogP contribution in [-0.4, -0.2) is 135 Å². The van der Waals surface area contributed by atoms with Gasteiger partial charge in [0.15, 0.2) is 38.6 Å². The average Bonchev–Trinajstić information content (AvgIpc) is 1.69. The molecule has 0 radical (unpaired) electrons. The summed E-state index contributed by atoms with van der Waals surface area (Å²) in [5, 5.41) is 19.1. The number of carbonyl (C=O) groups excluding carboxylic acids is 3. The number of nitrogens with two attached hydrogens (primary N) is 2. The zero-order valence-corrected chi connectivity index (χ0v) is 55.2. The minimum Gasteiger partial charge on any atom is -0.477 e. The summed E-state index contributed by atoms with van der Waals surface area (Å²) < 4.78 is 100. The summed E-state index contributed by atoms with van der Waals surface area (Å²) in [6.45, 7) is 12.4. The number of carboxylic acid groups (broad SMARTS) is 1. The Morgan fingerprint density at radius 2 is 1.21 bits per heavy atom. The number of aromatic carboxylic acids is 1. The predicted molar refractivity (Wildman–Crippen MR) is 347 cm³/mol. The Morgan fingerprint density at radius 3 is 1.63 bits per heavy atom. The molecule has 0 bridgehead atoms. The van der Waals surface area contributed by atoms with Gasteiger partial charge in [-0.15, -0.1) is 12.4 Å². The molecule has 11 rings (SSSR count). The van der Waals surface area contributed by atoms with Crippen LogP contribution in [0.1, 0.15) is 80.7 Å². The molecule has 95 heavy (non-hydrogen) atoms. The fraction of sp³-hybridized carbons (Fsp3) is 0.288. The number of anilines is 4. The van der Waals surface area contributed by atoms with Gasteiger partial charge in [0.1, 0.15) is 56.6 Å². The molecule has 2 saturated carbocycles. The highest BCUT2D eigenvalue weighted by Crippen LogP contribution is 2.37. The third-order valence-electron chi connectivity index (χ3n) is 12.3. The monoisotopic (exact) mass is 1410 g/mol. The van der Waals surface area contributed by atoms with Crippen LogP contribution >= 0.6 is 35.6 Å². The Morgan fingerprint density at radius 1 is 0.726 bits per heavy atom. The van der Waals surface area contributed by atoms with Crippen molar-refractivity contribution in [2.75, 3.05) is 35.4 Å². The first-order valence-corrected chi connectivity index (χ1v) is 29.7. The topological polar surface area (TPSA) is 388 Å². The van der Waals surface area contributed by atoms with Crippen molar-refractivity contribution in [3.8, 4) is 5.82 Å². The second kappa shape index (κ2) is 32.8. The number of nitrogens with zero attached hydrogens (tertiary/aromatic N) is 11. The van der Waals surface area contributed by atoms with E-state index in [4.69, 9.17) is 49.2 Å². The Kier molecular flexibility index (Phi) is 26.8. The third-order valence-corrected chi connectivity index (χ3v) is 14.9. The van der Waals surface area contributed by atoms with E-state index in [-0.39, 0.29) is 97.0 Å². The number of carboxylic acids is 1. The number of halogens is 8. The van der Waals surface area contributed by atoms with Gasteiger partial charge in [-0.1, -0.05) is 40.9 Å². The summed E-state index contributed by atoms with van der Waals surface area (Å²) in [7, 11) is -0.435. The number of aromatic nitrogens is 10. The van der Waals surface area contributed by atoms with Gasteiger partial charge in [-0.3, -0.25) is 28.8 Å². The molecule has 4 atom stereocenters. The van der Waals surface area contributed by atoms with Crippen LogP contribution in [0.3, 0.4) is 0 Å². The lowest BCUT2D eigenvalue weighted by Crippen LogP contribution is -2.35. The first-order valence-electron chi connectivity index (χ1n) is 27.4. The highest BCUT2D eigenvalue weighted by Gasteiger charge is 2.48. The van der Waals surface area contributed by atoms with E-state index in [1.54, 1.807) is 78.1 Å². The second-order valence-corrected chi connectivity index (χ2v) is 24.9. The first kappa shape index (κ1) is 77.6. The molecule has 2 aliphatic carbocycles. The summed E-state index contributed by atoms with van der Waals surface area (Å²) in [5.74, 6) is -3.72. The number of ether oxygens (including phenoxy) is 2. The lowest BCUT2D eigenvalue weighted by atomic mass is 10.2. The van der Waals surface area contributed by atoms with Crippen molar-refractivity contribution in [1.82, 2.24) is 60.2 Å². The smallest absolute Gasteiger partial charge is 0.415 e. The van der Waals surface area contributed by atoms with Crippen LogP contribution in [0.5, 0.6) is 0 Å². The van der Waals surface area contributed by atoms with Crippen LogP contribution in [-0.2, 0) is 19.3 Å². The molecular formula is C59H66Cl3F5N16O11S. The quantitative estimate of drug-likeness (QED) is 0.0468. The van der Waals surface area contributed by atoms with Crippen molar-refractivity contribution in [1.29, 1.82) is 0 Å². The minimum absolute atomic E-state index is 0. The number of amides is 3. The third kappa shape index (κ3) is 21.3. The van der Waals surface area contributed by atoms with Crippen LogP contribution in [0.4, 0.5) is 54.6 Å². The van der Waals surface area contributed by atoms with Crippen LogP contribution < -0.4 is 43.9 Å². The van der Waals surface area contributed by atoms with Gasteiger partial charge < -0.3 is 42.5 Å². The number of nitrogen functional groups attached to an aromatic ring is 2. The SMILES string of the molecule is CN(C(=O)OC(C)(C)C)c1cc(Cl)nc2c(C(=O)N[C@@H]3C[C@@H]3F)cnn12.CN(C(=O)OC(C)(C)C)c1cc(Cl)nc2c(C(=O)O)cnn12.Cc1ccc(S(=O)(=O)[C@@H]2C[C@@H]2F)cc1.Cl.Fc1cccnc1F.N.Nc1ccc[nH]c1=O.Nc1cccn(-c2ncccc2F)c1=O. The minimum atomic E-state index is -3.41. The van der Waals surface area contributed by atoms with Gasteiger partial charge in [0.05, 0.1) is 40.0 Å². The lowest BCUT2D eigenvalue weighted by Gasteiger charge is -2.24. The number of fused-ring (bicyclic) bond motifs is 2. The maximum absolute atomic E-state index is 13.3. The molecule has 27 nitrogen and oxygen atoms in total. The number of hydrogen-bond donors (Lipinski definition) is 6. The molecule has 9 aromatic rings. The number of H-pyrrole nitrogens is 1. The first-order chi connectivity index (χ1) is 43.5. The fourth-order valence-corrected chi connectivity index (χ4v) is 9.48. The van der Waals surface area contributed by atoms with Crippen molar-refractivity contribution in [3.63, 3.8) is 0 Å². The number of hydrogen-bond acceptors (Lipinski definition) is 19. The van der Waals surface area contributed by atoms with Crippen molar-refractivity contribution >= 4 is 104 Å². The maximum atomic E-state index is 13.3. The summed E-state index contributed by atoms with van der Waals surface area (Å²) in [6.07, 6.45) is 5.04. The predicted octanol–water partition coefficient (Wildman–Crippen LogP) is 9.78. The van der Waals surface area contributed by atoms with Gasteiger partial charge >= 0.3 is 18.2 Å². The van der Waals surface area contributed by atoms with Gasteiger partial charge in [-0.25, -0.2) is 60.3 Å². The van der Waals surface area contributed by atoms with Gasteiger partial charge in [0.2, 0.25) is 5.95 Å². The summed E-state index contributed by atoms with van der Waals surface area (Å²) in [6, 6.07) is 20.2. The van der Waals surface area contributed by atoms with Crippen molar-refractivity contribution in [3.05, 3.63) is 187 Å². The highest BCUT2D eigenvalue weighted by molar-refractivity contribution is 7.92. The standard InChI is InChI=1S/C16H19ClFN5O3.C13H15ClN4O4.C10H8FN3O.C10H11FO2S.C5H3F2N.C5H6N2O.ClH.H3N/c1-16(2,3)26-15(25)22(4)12-6-11(17)21-13-8(7-19-23(12)13)14(24)20-10-5-9(10)18;1-13(2,3)22-12(21)17(4)9-5-8(14)16-10-7(11(19)20)6-15-18(9)10;11-7-3-1-5-13-9(7)14-6-2-4-8(12)10(14)15;1-7-2-4-8(5-3-7)14(12,13)10-6-9(10)11;6-4-2-1-3-8-5(4)7;6-4-2-1-3-7-5(4)8;;/h6-7,9-10H,5H2,1-4H3,(H,20,24);5-6H,1-4H3,(H,19,20);1-6H,12H2;2-5,9-10H,6H2,1H3;1-3H;1-3H,6H2,(H,7,8);1H;1H3/t9-,10+;;;9-,10+;;;;/m0..0..../s1. The number of rotatable bonds is 8. The van der Waals surface area contributed by atoms with E-state index in [2.05, 4.69) is 40.4 Å². The normalized spacial score (nSPS) is 14.9. The van der Waals surface area contributed by atoms with Crippen LogP contribution in [0.15, 0.2) is 137 Å². The molecule has 2 aliphatic rings. The molecule has 510 valence electrons. The zero-order chi connectivity index (χ0) is 69.0. The Balaban J connectivity index is 0.000000253. The lowest BCUT2D eigenvalue weighted by molar-refractivity contribution is 0.0577. The summed E-state index contributed by atoms with van der Waals surface area (Å²) in [4.78, 5) is 89.8. The highest BCUT2D eigenvalue weighted by atomic mass is 35.5. The van der Waals surface area contributed by atoms with E-state index in [1.165, 1.54) is 106 Å². The number of sulfone groups is 1. The van der Waals surface area contributed by atoms with Crippen LogP contribution in [0, 0.1) is 24.5 Å². The molecule has 2 fully saturated rings. The molecule has 36 heteroatoms. The van der Waals surface area contributed by atoms with Gasteiger partial charge in [-0.2, -0.15) is 23.6 Å². The number of benzene rings is 1.